The zero-order valence-corrected chi connectivity index (χ0v) is 22.7. The summed E-state index contributed by atoms with van der Waals surface area (Å²) < 4.78 is 5.35. The summed E-state index contributed by atoms with van der Waals surface area (Å²) in [6.07, 6.45) is 12.2. The monoisotopic (exact) mass is 517 g/mol. The van der Waals surface area contributed by atoms with E-state index in [0.29, 0.717) is 23.3 Å². The number of aryl methyl sites for hydroxylation is 1. The Morgan fingerprint density at radius 2 is 1.92 bits per heavy atom. The largest absolute Gasteiger partial charge is 0.508 e. The summed E-state index contributed by atoms with van der Waals surface area (Å²) in [7, 11) is 0. The minimum Gasteiger partial charge on any atom is -0.508 e. The van der Waals surface area contributed by atoms with Crippen molar-refractivity contribution in [2.45, 2.75) is 89.9 Å². The van der Waals surface area contributed by atoms with Crippen LogP contribution in [-0.4, -0.2) is 57.6 Å². The van der Waals surface area contributed by atoms with Crippen LogP contribution in [0, 0.1) is 19.4 Å². The Morgan fingerprint density at radius 1 is 1.25 bits per heavy atom. The van der Waals surface area contributed by atoms with Crippen molar-refractivity contribution in [3.8, 4) is 18.2 Å². The van der Waals surface area contributed by atoms with Gasteiger partial charge in [0.25, 0.3) is 5.91 Å². The van der Waals surface area contributed by atoms with Gasteiger partial charge in [-0.1, -0.05) is 31.8 Å². The number of ether oxygens (including phenoxy) is 1. The Hall–Kier alpha value is -2.86. The number of hydrogen-bond donors (Lipinski definition) is 3. The molecule has 1 aromatic carbocycles. The third kappa shape index (κ3) is 8.66. The Morgan fingerprint density at radius 3 is 2.47 bits per heavy atom. The highest BCUT2D eigenvalue weighted by molar-refractivity contribution is 7.98. The van der Waals surface area contributed by atoms with Crippen LogP contribution < -0.4 is 10.6 Å². The molecule has 2 atom stereocenters. The van der Waals surface area contributed by atoms with Crippen LogP contribution >= 0.6 is 11.8 Å². The topological polar surface area (TPSA) is 108 Å². The van der Waals surface area contributed by atoms with E-state index in [-0.39, 0.29) is 17.7 Å². The number of rotatable bonds is 9. The molecular formula is C27H39N3O5S. The highest BCUT2D eigenvalue weighted by Crippen LogP contribution is 2.28. The molecule has 9 heteroatoms. The van der Waals surface area contributed by atoms with E-state index >= 15 is 0 Å². The fourth-order valence-corrected chi connectivity index (χ4v) is 4.64. The predicted molar refractivity (Wildman–Crippen MR) is 142 cm³/mol. The zero-order valence-electron chi connectivity index (χ0n) is 21.9. The molecule has 0 heterocycles. The summed E-state index contributed by atoms with van der Waals surface area (Å²) in [5.41, 5.74) is 0.290. The van der Waals surface area contributed by atoms with Gasteiger partial charge in [0.05, 0.1) is 0 Å². The van der Waals surface area contributed by atoms with Crippen molar-refractivity contribution >= 4 is 29.7 Å². The van der Waals surface area contributed by atoms with Crippen molar-refractivity contribution < 1.29 is 24.2 Å². The minimum absolute atomic E-state index is 0.00821. The Labute approximate surface area is 218 Å². The SMILES string of the molecule is C#CN(C(=O)C(CCSC)NC(=O)OC(C)(C)C)C(C(=O)NC1CCCCC1)c1ccc(O)c(C)c1. The van der Waals surface area contributed by atoms with Crippen molar-refractivity contribution in [1.82, 2.24) is 15.5 Å². The summed E-state index contributed by atoms with van der Waals surface area (Å²) >= 11 is 1.52. The number of hydrogen-bond acceptors (Lipinski definition) is 6. The Bertz CT molecular complexity index is 963. The highest BCUT2D eigenvalue weighted by Gasteiger charge is 2.36. The van der Waals surface area contributed by atoms with Crippen LogP contribution in [0.15, 0.2) is 18.2 Å². The maximum Gasteiger partial charge on any atom is 0.408 e. The van der Waals surface area contributed by atoms with E-state index in [0.717, 1.165) is 37.0 Å². The van der Waals surface area contributed by atoms with E-state index in [1.165, 1.54) is 17.8 Å². The summed E-state index contributed by atoms with van der Waals surface area (Å²) in [6.45, 7) is 6.91. The van der Waals surface area contributed by atoms with Crippen molar-refractivity contribution in [3.63, 3.8) is 0 Å². The van der Waals surface area contributed by atoms with Gasteiger partial charge in [-0.3, -0.25) is 14.5 Å². The molecule has 198 valence electrons. The standard InChI is InChI=1S/C27H39N3O5S/c1-7-30(25(33)21(15-16-36-6)29-26(34)35-27(3,4)5)23(19-13-14-22(31)18(2)17-19)24(32)28-20-11-9-8-10-12-20/h1,13-14,17,20-21,23,31H,8-12,15-16H2,2-6H3,(H,28,32)(H,29,34). The van der Waals surface area contributed by atoms with Gasteiger partial charge < -0.3 is 20.5 Å². The van der Waals surface area contributed by atoms with Gasteiger partial charge in [-0.15, -0.1) is 0 Å². The van der Waals surface area contributed by atoms with Crippen LogP contribution in [0.5, 0.6) is 5.75 Å². The molecule has 8 nitrogen and oxygen atoms in total. The number of carbonyl (C=O) groups is 3. The molecule has 0 aliphatic heterocycles. The number of nitrogens with zero attached hydrogens (tertiary/aromatic N) is 1. The number of amides is 3. The number of alkyl carbamates (subject to hydrolysis) is 1. The maximum absolute atomic E-state index is 13.7. The molecule has 1 aromatic rings. The summed E-state index contributed by atoms with van der Waals surface area (Å²) in [5, 5.41) is 15.7. The average Bonchev–Trinajstić information content (AvgIpc) is 2.81. The molecule has 3 amide bonds. The normalized spacial score (nSPS) is 15.8. The number of phenolic OH excluding ortho intramolecular Hbond substituents is 1. The molecule has 1 fully saturated rings. The van der Waals surface area contributed by atoms with Crippen LogP contribution in [0.25, 0.3) is 0 Å². The number of carbonyl (C=O) groups excluding carboxylic acids is 3. The van der Waals surface area contributed by atoms with Crippen molar-refractivity contribution in [2.75, 3.05) is 12.0 Å². The number of phenols is 1. The van der Waals surface area contributed by atoms with Crippen molar-refractivity contribution in [1.29, 1.82) is 0 Å². The van der Waals surface area contributed by atoms with Gasteiger partial charge >= 0.3 is 6.09 Å². The first-order chi connectivity index (χ1) is 17.0. The molecule has 3 N–H and O–H groups in total. The second kappa shape index (κ2) is 13.4. The van der Waals surface area contributed by atoms with Gasteiger partial charge in [0.1, 0.15) is 23.4 Å². The van der Waals surface area contributed by atoms with Gasteiger partial charge in [-0.25, -0.2) is 4.79 Å². The number of nitrogens with one attached hydrogen (secondary N) is 2. The molecule has 1 aliphatic carbocycles. The zero-order chi connectivity index (χ0) is 26.9. The third-order valence-corrected chi connectivity index (χ3v) is 6.61. The molecule has 2 rings (SSSR count). The van der Waals surface area contributed by atoms with E-state index in [9.17, 15) is 19.5 Å². The molecule has 36 heavy (non-hydrogen) atoms. The van der Waals surface area contributed by atoms with Gasteiger partial charge in [0.15, 0.2) is 0 Å². The van der Waals surface area contributed by atoms with Crippen LogP contribution in [0.3, 0.4) is 0 Å². The summed E-state index contributed by atoms with van der Waals surface area (Å²) in [5.74, 6) is -0.304. The molecule has 2 unspecified atom stereocenters. The number of benzene rings is 1. The van der Waals surface area contributed by atoms with E-state index in [1.54, 1.807) is 39.8 Å². The fraction of sp³-hybridized carbons (Fsp3) is 0.593. The first-order valence-corrected chi connectivity index (χ1v) is 13.7. The molecule has 1 saturated carbocycles. The minimum atomic E-state index is -1.12. The lowest BCUT2D eigenvalue weighted by Crippen LogP contribution is -2.52. The number of thioether (sulfide) groups is 1. The molecule has 0 radical (unpaired) electrons. The lowest BCUT2D eigenvalue weighted by atomic mass is 9.94. The molecule has 0 bridgehead atoms. The van der Waals surface area contributed by atoms with Crippen LogP contribution in [0.4, 0.5) is 4.79 Å². The maximum atomic E-state index is 13.7. The third-order valence-electron chi connectivity index (χ3n) is 5.97. The van der Waals surface area contributed by atoms with Crippen molar-refractivity contribution in [3.05, 3.63) is 29.3 Å². The number of terminal acetylenes is 1. The second-order valence-corrected chi connectivity index (χ2v) is 11.1. The fourth-order valence-electron chi connectivity index (χ4n) is 4.17. The number of aromatic hydroxyl groups is 1. The summed E-state index contributed by atoms with van der Waals surface area (Å²) in [4.78, 5) is 40.8. The van der Waals surface area contributed by atoms with Crippen molar-refractivity contribution in [2.24, 2.45) is 0 Å². The Balaban J connectivity index is 2.39. The average molecular weight is 518 g/mol. The molecule has 0 aromatic heterocycles. The van der Waals surface area contributed by atoms with Crippen LogP contribution in [0.2, 0.25) is 0 Å². The lowest BCUT2D eigenvalue weighted by Gasteiger charge is -2.32. The first kappa shape index (κ1) is 29.4. The molecular weight excluding hydrogens is 478 g/mol. The quantitative estimate of drug-likeness (QED) is 0.334. The van der Waals surface area contributed by atoms with E-state index in [2.05, 4.69) is 16.7 Å². The van der Waals surface area contributed by atoms with Crippen LogP contribution in [0.1, 0.15) is 76.5 Å². The van der Waals surface area contributed by atoms with E-state index in [4.69, 9.17) is 11.2 Å². The predicted octanol–water partition coefficient (Wildman–Crippen LogP) is 4.26. The molecule has 0 saturated heterocycles. The van der Waals surface area contributed by atoms with E-state index in [1.807, 2.05) is 6.26 Å². The van der Waals surface area contributed by atoms with Gasteiger partial charge in [-0.2, -0.15) is 11.8 Å². The smallest absolute Gasteiger partial charge is 0.408 e. The van der Waals surface area contributed by atoms with Gasteiger partial charge in [0, 0.05) is 12.1 Å². The van der Waals surface area contributed by atoms with Gasteiger partial charge in [0.2, 0.25) is 5.91 Å². The first-order valence-electron chi connectivity index (χ1n) is 12.3. The van der Waals surface area contributed by atoms with Crippen LogP contribution in [-0.2, 0) is 14.3 Å². The van der Waals surface area contributed by atoms with Gasteiger partial charge in [-0.05, 0) is 82.2 Å². The summed E-state index contributed by atoms with van der Waals surface area (Å²) in [6, 6.07) is 5.01. The highest BCUT2D eigenvalue weighted by atomic mass is 32.2. The van der Waals surface area contributed by atoms with E-state index < -0.39 is 29.7 Å². The second-order valence-electron chi connectivity index (χ2n) is 10.1. The lowest BCUT2D eigenvalue weighted by molar-refractivity contribution is -0.139. The molecule has 0 spiro atoms. The Kier molecular flexibility index (Phi) is 11.0. The molecule has 1 aliphatic rings.